The zero-order chi connectivity index (χ0) is 16.8. The number of thiazole rings is 1. The number of hydrogen-bond donors (Lipinski definition) is 2. The number of anilines is 1. The Morgan fingerprint density at radius 3 is 2.70 bits per heavy atom. The standard InChI is InChI=1S/C17H18FN3OS/c1-17(2,3)13-9-23-16(20-13)14-12(22)8-21(15(14)19)11-6-4-5-10(18)7-11/h4-7,9,19,22H,8H2,1-3H3. The van der Waals surface area contributed by atoms with Crippen molar-refractivity contribution in [3.8, 4) is 0 Å². The number of amidine groups is 1. The third-order valence-electron chi connectivity index (χ3n) is 3.71. The Balaban J connectivity index is 1.94. The Morgan fingerprint density at radius 1 is 1.35 bits per heavy atom. The molecule has 2 N–H and O–H groups in total. The minimum absolute atomic E-state index is 0.0893. The molecule has 0 radical (unpaired) electrons. The molecule has 4 nitrogen and oxygen atoms in total. The summed E-state index contributed by atoms with van der Waals surface area (Å²) in [6.45, 7) is 6.36. The predicted molar refractivity (Wildman–Crippen MR) is 91.8 cm³/mol. The van der Waals surface area contributed by atoms with E-state index in [0.29, 0.717) is 16.3 Å². The monoisotopic (exact) mass is 331 g/mol. The molecule has 1 aliphatic heterocycles. The van der Waals surface area contributed by atoms with Crippen LogP contribution in [0, 0.1) is 11.2 Å². The van der Waals surface area contributed by atoms with Gasteiger partial charge in [0.05, 0.1) is 17.8 Å². The highest BCUT2D eigenvalue weighted by molar-refractivity contribution is 7.11. The maximum atomic E-state index is 13.4. The molecule has 1 aliphatic rings. The van der Waals surface area contributed by atoms with Crippen molar-refractivity contribution in [3.63, 3.8) is 0 Å². The van der Waals surface area contributed by atoms with E-state index in [1.807, 2.05) is 5.38 Å². The van der Waals surface area contributed by atoms with E-state index >= 15 is 0 Å². The fraction of sp³-hybridized carbons (Fsp3) is 0.294. The van der Waals surface area contributed by atoms with Gasteiger partial charge in [-0.2, -0.15) is 0 Å². The van der Waals surface area contributed by atoms with Crippen LogP contribution in [0.3, 0.4) is 0 Å². The maximum absolute atomic E-state index is 13.4. The molecule has 120 valence electrons. The topological polar surface area (TPSA) is 60.2 Å². The van der Waals surface area contributed by atoms with Crippen molar-refractivity contribution < 1.29 is 9.50 Å². The number of aromatic nitrogens is 1. The van der Waals surface area contributed by atoms with Gasteiger partial charge in [-0.25, -0.2) is 9.37 Å². The van der Waals surface area contributed by atoms with Crippen LogP contribution >= 0.6 is 11.3 Å². The van der Waals surface area contributed by atoms with E-state index in [1.165, 1.54) is 23.5 Å². The Morgan fingerprint density at radius 2 is 2.09 bits per heavy atom. The lowest BCUT2D eigenvalue weighted by Gasteiger charge is -2.18. The summed E-state index contributed by atoms with van der Waals surface area (Å²) in [6, 6.07) is 6.02. The van der Waals surface area contributed by atoms with Crippen molar-refractivity contribution in [1.82, 2.24) is 4.98 Å². The fourth-order valence-electron chi connectivity index (χ4n) is 2.40. The number of aliphatic hydroxyl groups is 1. The van der Waals surface area contributed by atoms with Gasteiger partial charge in [-0.15, -0.1) is 11.3 Å². The van der Waals surface area contributed by atoms with Crippen molar-refractivity contribution in [2.45, 2.75) is 26.2 Å². The second-order valence-corrected chi connectivity index (χ2v) is 7.38. The number of rotatable bonds is 2. The Kier molecular flexibility index (Phi) is 3.72. The maximum Gasteiger partial charge on any atom is 0.139 e. The molecule has 1 aromatic carbocycles. The minimum Gasteiger partial charge on any atom is -0.510 e. The molecule has 0 bridgehead atoms. The van der Waals surface area contributed by atoms with E-state index < -0.39 is 0 Å². The number of aliphatic hydroxyl groups excluding tert-OH is 1. The molecule has 2 aromatic rings. The molecule has 0 atom stereocenters. The SMILES string of the molecule is CC(C)(C)c1csc(C2=C(O)CN(c3cccc(F)c3)C2=N)n1. The quantitative estimate of drug-likeness (QED) is 0.860. The lowest BCUT2D eigenvalue weighted by Crippen LogP contribution is -2.26. The number of nitrogens with one attached hydrogen (secondary N) is 1. The molecular formula is C17H18FN3OS. The van der Waals surface area contributed by atoms with Crippen LogP contribution in [0.2, 0.25) is 0 Å². The van der Waals surface area contributed by atoms with Gasteiger partial charge >= 0.3 is 0 Å². The second kappa shape index (κ2) is 5.45. The van der Waals surface area contributed by atoms with Crippen LogP contribution in [0.5, 0.6) is 0 Å². The molecule has 0 saturated carbocycles. The Labute approximate surface area is 138 Å². The van der Waals surface area contributed by atoms with Crippen molar-refractivity contribution in [3.05, 3.63) is 51.9 Å². The Hall–Kier alpha value is -2.21. The van der Waals surface area contributed by atoms with Crippen LogP contribution in [-0.4, -0.2) is 22.5 Å². The van der Waals surface area contributed by atoms with Gasteiger partial charge < -0.3 is 10.0 Å². The van der Waals surface area contributed by atoms with Crippen LogP contribution in [0.15, 0.2) is 35.4 Å². The van der Waals surface area contributed by atoms with Gasteiger partial charge in [0.15, 0.2) is 0 Å². The molecule has 2 heterocycles. The lowest BCUT2D eigenvalue weighted by molar-refractivity contribution is 0.411. The number of benzene rings is 1. The summed E-state index contributed by atoms with van der Waals surface area (Å²) in [5.74, 6) is -0.135. The van der Waals surface area contributed by atoms with Crippen LogP contribution in [0.1, 0.15) is 31.5 Å². The number of nitrogens with zero attached hydrogens (tertiary/aromatic N) is 2. The van der Waals surface area contributed by atoms with Crippen molar-refractivity contribution in [2.24, 2.45) is 0 Å². The van der Waals surface area contributed by atoms with Crippen molar-refractivity contribution in [2.75, 3.05) is 11.4 Å². The summed E-state index contributed by atoms with van der Waals surface area (Å²) >= 11 is 1.41. The highest BCUT2D eigenvalue weighted by atomic mass is 32.1. The molecule has 0 unspecified atom stereocenters. The van der Waals surface area contributed by atoms with Crippen LogP contribution in [-0.2, 0) is 5.41 Å². The first-order chi connectivity index (χ1) is 10.8. The van der Waals surface area contributed by atoms with Gasteiger partial charge in [0.25, 0.3) is 0 Å². The first kappa shape index (κ1) is 15.7. The number of hydrogen-bond acceptors (Lipinski definition) is 4. The highest BCUT2D eigenvalue weighted by Gasteiger charge is 2.32. The summed E-state index contributed by atoms with van der Waals surface area (Å²) in [5.41, 5.74) is 1.81. The lowest BCUT2D eigenvalue weighted by atomic mass is 9.93. The normalized spacial score (nSPS) is 15.7. The third-order valence-corrected chi connectivity index (χ3v) is 4.57. The summed E-state index contributed by atoms with van der Waals surface area (Å²) in [5, 5.41) is 21.2. The van der Waals surface area contributed by atoms with Crippen molar-refractivity contribution in [1.29, 1.82) is 5.41 Å². The highest BCUT2D eigenvalue weighted by Crippen LogP contribution is 2.34. The molecule has 23 heavy (non-hydrogen) atoms. The molecule has 0 saturated heterocycles. The molecule has 3 rings (SSSR count). The molecule has 0 spiro atoms. The van der Waals surface area contributed by atoms with E-state index in [1.54, 1.807) is 17.0 Å². The average molecular weight is 331 g/mol. The van der Waals surface area contributed by atoms with E-state index in [9.17, 15) is 9.50 Å². The summed E-state index contributed by atoms with van der Waals surface area (Å²) in [4.78, 5) is 6.14. The average Bonchev–Trinajstić information content (AvgIpc) is 3.03. The van der Waals surface area contributed by atoms with E-state index in [4.69, 9.17) is 5.41 Å². The molecule has 0 fully saturated rings. The zero-order valence-electron chi connectivity index (χ0n) is 13.2. The zero-order valence-corrected chi connectivity index (χ0v) is 14.0. The first-order valence-corrected chi connectivity index (χ1v) is 8.16. The molecular weight excluding hydrogens is 313 g/mol. The second-order valence-electron chi connectivity index (χ2n) is 6.52. The Bertz CT molecular complexity index is 804. The summed E-state index contributed by atoms with van der Waals surface area (Å²) < 4.78 is 13.4. The van der Waals surface area contributed by atoms with Crippen LogP contribution in [0.25, 0.3) is 5.57 Å². The summed E-state index contributed by atoms with van der Waals surface area (Å²) in [7, 11) is 0. The number of halogens is 1. The van der Waals surface area contributed by atoms with Gasteiger partial charge in [0.1, 0.15) is 22.4 Å². The smallest absolute Gasteiger partial charge is 0.139 e. The van der Waals surface area contributed by atoms with E-state index in [0.717, 1.165) is 5.69 Å². The van der Waals surface area contributed by atoms with E-state index in [2.05, 4.69) is 25.8 Å². The fourth-order valence-corrected chi connectivity index (χ4v) is 3.51. The molecule has 0 aliphatic carbocycles. The molecule has 1 aromatic heterocycles. The van der Waals surface area contributed by atoms with Gasteiger partial charge in [-0.1, -0.05) is 26.8 Å². The largest absolute Gasteiger partial charge is 0.510 e. The van der Waals surface area contributed by atoms with Gasteiger partial charge in [-0.05, 0) is 18.2 Å². The van der Waals surface area contributed by atoms with Crippen molar-refractivity contribution >= 4 is 28.4 Å². The van der Waals surface area contributed by atoms with Gasteiger partial charge in [-0.3, -0.25) is 5.41 Å². The van der Waals surface area contributed by atoms with Crippen LogP contribution < -0.4 is 4.90 Å². The van der Waals surface area contributed by atoms with Gasteiger partial charge in [0, 0.05) is 16.5 Å². The minimum atomic E-state index is -0.368. The summed E-state index contributed by atoms with van der Waals surface area (Å²) in [6.07, 6.45) is 0. The van der Waals surface area contributed by atoms with Crippen LogP contribution in [0.4, 0.5) is 10.1 Å². The molecule has 0 amide bonds. The van der Waals surface area contributed by atoms with E-state index in [-0.39, 0.29) is 29.4 Å². The third kappa shape index (κ3) is 2.86. The van der Waals surface area contributed by atoms with Gasteiger partial charge in [0.2, 0.25) is 0 Å². The predicted octanol–water partition coefficient (Wildman–Crippen LogP) is 4.35. The first-order valence-electron chi connectivity index (χ1n) is 7.28. The molecule has 6 heteroatoms.